The van der Waals surface area contributed by atoms with Crippen molar-refractivity contribution in [2.45, 2.75) is 45.6 Å². The molecule has 2 nitrogen and oxygen atoms in total. The van der Waals surface area contributed by atoms with Crippen LogP contribution in [0.25, 0.3) is 0 Å². The van der Waals surface area contributed by atoms with E-state index in [0.717, 1.165) is 25.1 Å². The van der Waals surface area contributed by atoms with Crippen molar-refractivity contribution in [1.29, 1.82) is 5.26 Å². The molecule has 0 N–H and O–H groups in total. The van der Waals surface area contributed by atoms with Gasteiger partial charge in [-0.15, -0.1) is 0 Å². The summed E-state index contributed by atoms with van der Waals surface area (Å²) in [5, 5.41) is 9.29. The second-order valence-corrected chi connectivity index (χ2v) is 5.08. The number of nitriles is 1. The highest BCUT2D eigenvalue weighted by Gasteiger charge is 2.29. The Kier molecular flexibility index (Phi) is 4.38. The monoisotopic (exact) mass is 242 g/mol. The molecule has 0 bridgehead atoms. The van der Waals surface area contributed by atoms with E-state index in [1.165, 1.54) is 30.4 Å². The molecule has 0 spiro atoms. The van der Waals surface area contributed by atoms with E-state index in [1.54, 1.807) is 0 Å². The van der Waals surface area contributed by atoms with E-state index in [9.17, 15) is 5.26 Å². The number of hydrogen-bond acceptors (Lipinski definition) is 2. The summed E-state index contributed by atoms with van der Waals surface area (Å²) >= 11 is 0. The van der Waals surface area contributed by atoms with E-state index < -0.39 is 0 Å². The predicted molar refractivity (Wildman–Crippen MR) is 74.4 cm³/mol. The smallest absolute Gasteiger partial charge is 0.0995 e. The average Bonchev–Trinajstić information content (AvgIpc) is 2.82. The summed E-state index contributed by atoms with van der Waals surface area (Å²) in [7, 11) is 0. The Hall–Kier alpha value is -1.33. The first-order chi connectivity index (χ1) is 8.81. The van der Waals surface area contributed by atoms with Crippen molar-refractivity contribution in [3.05, 3.63) is 34.9 Å². The Bertz CT molecular complexity index is 439. The molecular formula is C16H22N2. The zero-order valence-electron chi connectivity index (χ0n) is 11.4. The molecule has 0 heterocycles. The SMILES string of the molecule is CCCN(CCC)[C@@H]1CCc2cccc(C#N)c21. The van der Waals surface area contributed by atoms with E-state index in [0.29, 0.717) is 6.04 Å². The van der Waals surface area contributed by atoms with Gasteiger partial charge in [0.1, 0.15) is 0 Å². The first kappa shape index (κ1) is 13.1. The second-order valence-electron chi connectivity index (χ2n) is 5.08. The Labute approximate surface area is 110 Å². The van der Waals surface area contributed by atoms with Crippen molar-refractivity contribution in [2.75, 3.05) is 13.1 Å². The fraction of sp³-hybridized carbons (Fsp3) is 0.562. The summed E-state index contributed by atoms with van der Waals surface area (Å²) < 4.78 is 0. The molecule has 0 aliphatic heterocycles. The quantitative estimate of drug-likeness (QED) is 0.787. The maximum atomic E-state index is 9.29. The van der Waals surface area contributed by atoms with Crippen LogP contribution in [0.15, 0.2) is 18.2 Å². The molecular weight excluding hydrogens is 220 g/mol. The highest BCUT2D eigenvalue weighted by atomic mass is 15.2. The molecule has 0 aromatic heterocycles. The predicted octanol–water partition coefficient (Wildman–Crippen LogP) is 3.67. The first-order valence-electron chi connectivity index (χ1n) is 7.07. The van der Waals surface area contributed by atoms with Crippen LogP contribution in [0.5, 0.6) is 0 Å². The Morgan fingerprint density at radius 2 is 2.00 bits per heavy atom. The minimum Gasteiger partial charge on any atom is -0.296 e. The van der Waals surface area contributed by atoms with Gasteiger partial charge in [0.15, 0.2) is 0 Å². The Balaban J connectivity index is 2.31. The van der Waals surface area contributed by atoms with Crippen molar-refractivity contribution < 1.29 is 0 Å². The molecule has 96 valence electrons. The van der Waals surface area contributed by atoms with Crippen molar-refractivity contribution in [2.24, 2.45) is 0 Å². The van der Waals surface area contributed by atoms with E-state index in [4.69, 9.17) is 0 Å². The molecule has 1 aromatic rings. The van der Waals surface area contributed by atoms with Crippen molar-refractivity contribution in [3.63, 3.8) is 0 Å². The van der Waals surface area contributed by atoms with Crippen LogP contribution < -0.4 is 0 Å². The molecule has 0 radical (unpaired) electrons. The van der Waals surface area contributed by atoms with Gasteiger partial charge in [-0.2, -0.15) is 5.26 Å². The van der Waals surface area contributed by atoms with Gasteiger partial charge in [0.05, 0.1) is 11.6 Å². The van der Waals surface area contributed by atoms with Gasteiger partial charge in [0, 0.05) is 6.04 Å². The molecule has 0 fully saturated rings. The van der Waals surface area contributed by atoms with E-state index in [-0.39, 0.29) is 0 Å². The highest BCUT2D eigenvalue weighted by Crippen LogP contribution is 2.37. The second kappa shape index (κ2) is 6.02. The number of benzene rings is 1. The lowest BCUT2D eigenvalue weighted by Gasteiger charge is -2.29. The molecule has 0 unspecified atom stereocenters. The zero-order chi connectivity index (χ0) is 13.0. The van der Waals surface area contributed by atoms with Gasteiger partial charge in [-0.25, -0.2) is 0 Å². The minimum absolute atomic E-state index is 0.468. The summed E-state index contributed by atoms with van der Waals surface area (Å²) in [6.07, 6.45) is 4.66. The summed E-state index contributed by atoms with van der Waals surface area (Å²) in [4.78, 5) is 2.56. The lowest BCUT2D eigenvalue weighted by molar-refractivity contribution is 0.197. The average molecular weight is 242 g/mol. The Morgan fingerprint density at radius 1 is 1.28 bits per heavy atom. The fourth-order valence-electron chi connectivity index (χ4n) is 3.12. The van der Waals surface area contributed by atoms with Crippen LogP contribution in [0.3, 0.4) is 0 Å². The van der Waals surface area contributed by atoms with Crippen LogP contribution in [0.2, 0.25) is 0 Å². The summed E-state index contributed by atoms with van der Waals surface area (Å²) in [6.45, 7) is 6.73. The largest absolute Gasteiger partial charge is 0.296 e. The van der Waals surface area contributed by atoms with Gasteiger partial charge in [0.2, 0.25) is 0 Å². The molecule has 2 rings (SSSR count). The summed E-state index contributed by atoms with van der Waals surface area (Å²) in [6, 6.07) is 9.01. The fourth-order valence-corrected chi connectivity index (χ4v) is 3.12. The van der Waals surface area contributed by atoms with Crippen molar-refractivity contribution in [1.82, 2.24) is 4.90 Å². The molecule has 1 atom stereocenters. The van der Waals surface area contributed by atoms with Gasteiger partial charge in [-0.1, -0.05) is 26.0 Å². The number of fused-ring (bicyclic) bond motifs is 1. The maximum Gasteiger partial charge on any atom is 0.0995 e. The lowest BCUT2D eigenvalue weighted by Crippen LogP contribution is -2.29. The molecule has 0 saturated heterocycles. The molecule has 0 saturated carbocycles. The molecule has 1 aliphatic rings. The molecule has 0 amide bonds. The third-order valence-electron chi connectivity index (χ3n) is 3.80. The Morgan fingerprint density at radius 3 is 2.61 bits per heavy atom. The van der Waals surface area contributed by atoms with Crippen molar-refractivity contribution >= 4 is 0 Å². The number of aryl methyl sites for hydroxylation is 1. The van der Waals surface area contributed by atoms with Crippen molar-refractivity contribution in [3.8, 4) is 6.07 Å². The normalized spacial score (nSPS) is 17.8. The van der Waals surface area contributed by atoms with Crippen LogP contribution in [-0.2, 0) is 6.42 Å². The van der Waals surface area contributed by atoms with E-state index in [2.05, 4.69) is 30.9 Å². The van der Waals surface area contributed by atoms with Gasteiger partial charge >= 0.3 is 0 Å². The molecule has 1 aromatic carbocycles. The first-order valence-corrected chi connectivity index (χ1v) is 7.07. The van der Waals surface area contributed by atoms with Gasteiger partial charge in [0.25, 0.3) is 0 Å². The molecule has 2 heteroatoms. The third-order valence-corrected chi connectivity index (χ3v) is 3.80. The van der Waals surface area contributed by atoms with Crippen LogP contribution in [0, 0.1) is 11.3 Å². The summed E-state index contributed by atoms with van der Waals surface area (Å²) in [5.41, 5.74) is 3.57. The molecule has 18 heavy (non-hydrogen) atoms. The van der Waals surface area contributed by atoms with Gasteiger partial charge in [-0.05, 0) is 56.0 Å². The van der Waals surface area contributed by atoms with Crippen LogP contribution in [-0.4, -0.2) is 18.0 Å². The van der Waals surface area contributed by atoms with Gasteiger partial charge in [-0.3, -0.25) is 4.90 Å². The number of hydrogen-bond donors (Lipinski definition) is 0. The van der Waals surface area contributed by atoms with Gasteiger partial charge < -0.3 is 0 Å². The van der Waals surface area contributed by atoms with Crippen LogP contribution in [0.1, 0.15) is 55.8 Å². The summed E-state index contributed by atoms with van der Waals surface area (Å²) in [5.74, 6) is 0. The van der Waals surface area contributed by atoms with E-state index in [1.807, 2.05) is 12.1 Å². The van der Waals surface area contributed by atoms with E-state index >= 15 is 0 Å². The van der Waals surface area contributed by atoms with Crippen LogP contribution >= 0.6 is 0 Å². The topological polar surface area (TPSA) is 27.0 Å². The third kappa shape index (κ3) is 2.42. The standard InChI is InChI=1S/C16H22N2/c1-3-10-18(11-4-2)15-9-8-13-6-5-7-14(12-17)16(13)15/h5-7,15H,3-4,8-11H2,1-2H3/t15-/m1/s1. The highest BCUT2D eigenvalue weighted by molar-refractivity contribution is 5.47. The maximum absolute atomic E-state index is 9.29. The minimum atomic E-state index is 0.468. The molecule has 1 aliphatic carbocycles. The number of rotatable bonds is 5. The lowest BCUT2D eigenvalue weighted by atomic mass is 10.0. The van der Waals surface area contributed by atoms with Crippen LogP contribution in [0.4, 0.5) is 0 Å². The zero-order valence-corrected chi connectivity index (χ0v) is 11.4. The number of nitrogens with zero attached hydrogens (tertiary/aromatic N) is 2.